The summed E-state index contributed by atoms with van der Waals surface area (Å²) in [6.45, 7) is 2.96. The van der Waals surface area contributed by atoms with Crippen LogP contribution in [0, 0.1) is 5.92 Å². The van der Waals surface area contributed by atoms with Gasteiger partial charge in [-0.1, -0.05) is 0 Å². The van der Waals surface area contributed by atoms with Crippen LogP contribution in [0.2, 0.25) is 0 Å². The Labute approximate surface area is 152 Å². The Kier molecular flexibility index (Phi) is 4.48. The molecule has 2 fully saturated rings. The minimum absolute atomic E-state index is 0.0580. The number of fused-ring (bicyclic) bond motifs is 1. The lowest BCUT2D eigenvalue weighted by atomic mass is 9.97. The lowest BCUT2D eigenvalue weighted by Gasteiger charge is -2.34. The van der Waals surface area contributed by atoms with Crippen molar-refractivity contribution in [1.82, 2.24) is 9.80 Å². The number of urea groups is 1. The number of anilines is 2. The highest BCUT2D eigenvalue weighted by Gasteiger charge is 2.32. The van der Waals surface area contributed by atoms with Gasteiger partial charge in [-0.3, -0.25) is 4.79 Å². The third kappa shape index (κ3) is 3.23. The fraction of sp³-hybridized carbons (Fsp3) is 0.556. The Balaban J connectivity index is 1.41. The van der Waals surface area contributed by atoms with E-state index in [4.69, 9.17) is 15.2 Å². The summed E-state index contributed by atoms with van der Waals surface area (Å²) in [5.74, 6) is 0.805. The van der Waals surface area contributed by atoms with Gasteiger partial charge in [0.05, 0.1) is 17.3 Å². The van der Waals surface area contributed by atoms with E-state index in [1.54, 1.807) is 12.1 Å². The number of piperidine rings is 1. The number of ether oxygens (including phenoxy) is 2. The first-order valence-electron chi connectivity index (χ1n) is 9.15. The van der Waals surface area contributed by atoms with E-state index in [0.717, 1.165) is 38.8 Å². The predicted molar refractivity (Wildman–Crippen MR) is 96.1 cm³/mol. The van der Waals surface area contributed by atoms with Gasteiger partial charge in [-0.15, -0.1) is 0 Å². The molecular formula is C18H24N4O4. The number of benzene rings is 1. The number of nitrogens with zero attached hydrogens (tertiary/aromatic N) is 2. The summed E-state index contributed by atoms with van der Waals surface area (Å²) in [6.07, 6.45) is 3.72. The first kappa shape index (κ1) is 16.8. The van der Waals surface area contributed by atoms with E-state index in [2.05, 4.69) is 5.32 Å². The number of nitrogens with two attached hydrogens (primary N) is 1. The third-order valence-electron chi connectivity index (χ3n) is 5.24. The van der Waals surface area contributed by atoms with E-state index in [0.29, 0.717) is 36.0 Å². The molecule has 3 aliphatic rings. The van der Waals surface area contributed by atoms with Gasteiger partial charge in [0.1, 0.15) is 0 Å². The van der Waals surface area contributed by atoms with Crippen molar-refractivity contribution in [2.24, 2.45) is 5.92 Å². The minimum Gasteiger partial charge on any atom is -0.454 e. The molecule has 1 unspecified atom stereocenters. The van der Waals surface area contributed by atoms with E-state index in [-0.39, 0.29) is 24.6 Å². The zero-order valence-corrected chi connectivity index (χ0v) is 14.7. The van der Waals surface area contributed by atoms with Gasteiger partial charge < -0.3 is 30.3 Å². The number of hydrogen-bond acceptors (Lipinski definition) is 5. The molecule has 4 rings (SSSR count). The number of hydrogen-bond donors (Lipinski definition) is 2. The average Bonchev–Trinajstić information content (AvgIpc) is 3.33. The fourth-order valence-corrected chi connectivity index (χ4v) is 3.77. The molecule has 140 valence electrons. The van der Waals surface area contributed by atoms with Crippen molar-refractivity contribution in [3.05, 3.63) is 12.1 Å². The Morgan fingerprint density at radius 3 is 2.50 bits per heavy atom. The zero-order chi connectivity index (χ0) is 18.1. The summed E-state index contributed by atoms with van der Waals surface area (Å²) >= 11 is 0. The molecule has 0 bridgehead atoms. The number of nitrogens with one attached hydrogen (secondary N) is 1. The monoisotopic (exact) mass is 360 g/mol. The minimum atomic E-state index is -0.236. The van der Waals surface area contributed by atoms with Crippen LogP contribution in [0.5, 0.6) is 11.5 Å². The van der Waals surface area contributed by atoms with Crippen molar-refractivity contribution in [3.8, 4) is 11.5 Å². The number of carbonyl (C=O) groups excluding carboxylic acids is 2. The van der Waals surface area contributed by atoms with Crippen LogP contribution >= 0.6 is 0 Å². The van der Waals surface area contributed by atoms with Gasteiger partial charge in [-0.05, 0) is 25.7 Å². The van der Waals surface area contributed by atoms with Gasteiger partial charge in [-0.25, -0.2) is 4.79 Å². The second-order valence-electron chi connectivity index (χ2n) is 7.04. The molecule has 1 aromatic carbocycles. The highest BCUT2D eigenvalue weighted by molar-refractivity contribution is 5.96. The molecule has 8 nitrogen and oxygen atoms in total. The number of amides is 3. The van der Waals surface area contributed by atoms with Gasteiger partial charge in [0, 0.05) is 38.3 Å². The molecule has 1 atom stereocenters. The maximum absolute atomic E-state index is 12.7. The van der Waals surface area contributed by atoms with Crippen LogP contribution in [-0.4, -0.2) is 54.7 Å². The first-order valence-corrected chi connectivity index (χ1v) is 9.15. The smallest absolute Gasteiger partial charge is 0.320 e. The lowest BCUT2D eigenvalue weighted by Crippen LogP contribution is -2.48. The van der Waals surface area contributed by atoms with Gasteiger partial charge in [-0.2, -0.15) is 0 Å². The number of likely N-dealkylation sites (tertiary alicyclic amines) is 2. The van der Waals surface area contributed by atoms with Gasteiger partial charge >= 0.3 is 6.03 Å². The Morgan fingerprint density at radius 2 is 1.73 bits per heavy atom. The van der Waals surface area contributed by atoms with E-state index in [9.17, 15) is 9.59 Å². The molecule has 0 radical (unpaired) electrons. The van der Waals surface area contributed by atoms with Crippen LogP contribution in [0.1, 0.15) is 25.7 Å². The standard InChI is InChI=1S/C18H24N4O4/c19-13-8-15-16(26-11-25-15)9-14(13)20-17(23)12-4-3-7-22(10-12)18(24)21-5-1-2-6-21/h8-9,12H,1-7,10-11,19H2,(H,20,23). The van der Waals surface area contributed by atoms with Crippen molar-refractivity contribution in [1.29, 1.82) is 0 Å². The highest BCUT2D eigenvalue weighted by Crippen LogP contribution is 2.38. The van der Waals surface area contributed by atoms with Crippen LogP contribution in [0.4, 0.5) is 16.2 Å². The summed E-state index contributed by atoms with van der Waals surface area (Å²) in [5, 5.41) is 2.89. The maximum Gasteiger partial charge on any atom is 0.320 e. The van der Waals surface area contributed by atoms with E-state index >= 15 is 0 Å². The summed E-state index contributed by atoms with van der Waals surface area (Å²) in [4.78, 5) is 29.0. The molecule has 1 aromatic rings. The highest BCUT2D eigenvalue weighted by atomic mass is 16.7. The van der Waals surface area contributed by atoms with Crippen LogP contribution in [0.15, 0.2) is 12.1 Å². The van der Waals surface area contributed by atoms with Gasteiger partial charge in [0.15, 0.2) is 11.5 Å². The molecule has 3 N–H and O–H groups in total. The molecule has 0 aliphatic carbocycles. The average molecular weight is 360 g/mol. The van der Waals surface area contributed by atoms with Crippen LogP contribution in [0.25, 0.3) is 0 Å². The molecule has 3 amide bonds. The first-order chi connectivity index (χ1) is 12.6. The second kappa shape index (κ2) is 6.93. The normalized spacial score (nSPS) is 21.8. The Bertz CT molecular complexity index is 717. The quantitative estimate of drug-likeness (QED) is 0.785. The fourth-order valence-electron chi connectivity index (χ4n) is 3.77. The molecule has 0 spiro atoms. The molecule has 3 aliphatic heterocycles. The summed E-state index contributed by atoms with van der Waals surface area (Å²) in [5.41, 5.74) is 6.96. The molecule has 8 heteroatoms. The Hall–Kier alpha value is -2.64. The molecule has 2 saturated heterocycles. The SMILES string of the molecule is Nc1cc2c(cc1NC(=O)C1CCCN(C(=O)N3CCCC3)C1)OCO2. The molecule has 0 saturated carbocycles. The van der Waals surface area contributed by atoms with Crippen molar-refractivity contribution in [3.63, 3.8) is 0 Å². The maximum atomic E-state index is 12.7. The summed E-state index contributed by atoms with van der Waals surface area (Å²) in [6, 6.07) is 3.40. The van der Waals surface area contributed by atoms with Crippen molar-refractivity contribution >= 4 is 23.3 Å². The third-order valence-corrected chi connectivity index (χ3v) is 5.24. The predicted octanol–water partition coefficient (Wildman–Crippen LogP) is 1.86. The second-order valence-corrected chi connectivity index (χ2v) is 7.04. The van der Waals surface area contributed by atoms with Gasteiger partial charge in [0.25, 0.3) is 0 Å². The molecular weight excluding hydrogens is 336 g/mol. The number of carbonyl (C=O) groups is 2. The molecule has 0 aromatic heterocycles. The van der Waals surface area contributed by atoms with E-state index < -0.39 is 0 Å². The summed E-state index contributed by atoms with van der Waals surface area (Å²) < 4.78 is 10.6. The molecule has 26 heavy (non-hydrogen) atoms. The largest absolute Gasteiger partial charge is 0.454 e. The Morgan fingerprint density at radius 1 is 1.04 bits per heavy atom. The zero-order valence-electron chi connectivity index (χ0n) is 14.7. The van der Waals surface area contributed by atoms with Gasteiger partial charge in [0.2, 0.25) is 12.7 Å². The van der Waals surface area contributed by atoms with Crippen LogP contribution in [0.3, 0.4) is 0 Å². The van der Waals surface area contributed by atoms with E-state index in [1.165, 1.54) is 0 Å². The van der Waals surface area contributed by atoms with E-state index in [1.807, 2.05) is 9.80 Å². The molecule has 3 heterocycles. The van der Waals surface area contributed by atoms with Crippen molar-refractivity contribution < 1.29 is 19.1 Å². The summed E-state index contributed by atoms with van der Waals surface area (Å²) in [7, 11) is 0. The number of rotatable bonds is 2. The number of nitrogen functional groups attached to an aromatic ring is 1. The van der Waals surface area contributed by atoms with Crippen LogP contribution in [-0.2, 0) is 4.79 Å². The van der Waals surface area contributed by atoms with Crippen LogP contribution < -0.4 is 20.5 Å². The lowest BCUT2D eigenvalue weighted by molar-refractivity contribution is -0.121. The van der Waals surface area contributed by atoms with Crippen molar-refractivity contribution in [2.75, 3.05) is 44.0 Å². The topological polar surface area (TPSA) is 97.1 Å². The van der Waals surface area contributed by atoms with Crippen molar-refractivity contribution in [2.45, 2.75) is 25.7 Å².